The van der Waals surface area contributed by atoms with E-state index >= 15 is 0 Å². The number of hydrogen-bond donors (Lipinski definition) is 2. The number of H-pyrrole nitrogens is 1. The Kier molecular flexibility index (Phi) is 7.08. The molecule has 5 nitrogen and oxygen atoms in total. The zero-order valence-corrected chi connectivity index (χ0v) is 18.0. The van der Waals surface area contributed by atoms with Crippen LogP contribution in [0.25, 0.3) is 10.9 Å². The van der Waals surface area contributed by atoms with E-state index in [2.05, 4.69) is 35.1 Å². The fraction of sp³-hybridized carbons (Fsp3) is 0.545. The average Bonchev–Trinajstić information content (AvgIpc) is 3.15. The number of hydrogen-bond acceptors (Lipinski definition) is 3. The molecule has 1 fully saturated rings. The first-order valence-corrected chi connectivity index (χ1v) is 10.7. The van der Waals surface area contributed by atoms with Crippen LogP contribution in [0.2, 0.25) is 0 Å². The summed E-state index contributed by atoms with van der Waals surface area (Å²) >= 11 is 5.65. The summed E-state index contributed by atoms with van der Waals surface area (Å²) < 4.78 is 5.81. The molecule has 1 unspecified atom stereocenters. The van der Waals surface area contributed by atoms with Crippen molar-refractivity contribution in [1.82, 2.24) is 15.2 Å². The molecule has 1 aliphatic rings. The molecular formula is C22H31N3O2S. The van der Waals surface area contributed by atoms with Crippen LogP contribution in [0, 0.1) is 13.8 Å². The quantitative estimate of drug-likeness (QED) is 0.546. The lowest BCUT2D eigenvalue weighted by atomic mass is 10.0. The molecule has 152 valence electrons. The Hall–Kier alpha value is -1.92. The van der Waals surface area contributed by atoms with Crippen LogP contribution in [0.1, 0.15) is 49.3 Å². The van der Waals surface area contributed by atoms with E-state index < -0.39 is 0 Å². The van der Waals surface area contributed by atoms with Gasteiger partial charge >= 0.3 is 0 Å². The molecule has 0 spiro atoms. The van der Waals surface area contributed by atoms with Gasteiger partial charge in [0.25, 0.3) is 5.56 Å². The van der Waals surface area contributed by atoms with Gasteiger partial charge in [-0.3, -0.25) is 4.79 Å². The largest absolute Gasteiger partial charge is 0.376 e. The van der Waals surface area contributed by atoms with E-state index in [4.69, 9.17) is 17.0 Å². The summed E-state index contributed by atoms with van der Waals surface area (Å²) in [6.45, 7) is 9.14. The molecule has 1 aliphatic heterocycles. The minimum atomic E-state index is -0.0498. The first-order chi connectivity index (χ1) is 13.5. The Bertz CT molecular complexity index is 887. The number of benzene rings is 1. The van der Waals surface area contributed by atoms with Gasteiger partial charge in [-0.1, -0.05) is 19.4 Å². The van der Waals surface area contributed by atoms with E-state index in [0.717, 1.165) is 60.9 Å². The number of aryl methyl sites for hydroxylation is 2. The van der Waals surface area contributed by atoms with E-state index in [1.54, 1.807) is 0 Å². The van der Waals surface area contributed by atoms with E-state index in [-0.39, 0.29) is 11.7 Å². The fourth-order valence-corrected chi connectivity index (χ4v) is 4.02. The van der Waals surface area contributed by atoms with Crippen molar-refractivity contribution in [2.24, 2.45) is 0 Å². The lowest BCUT2D eigenvalue weighted by Gasteiger charge is -2.28. The number of nitrogens with one attached hydrogen (secondary N) is 2. The predicted molar refractivity (Wildman–Crippen MR) is 119 cm³/mol. The van der Waals surface area contributed by atoms with Gasteiger partial charge in [0.05, 0.1) is 12.6 Å². The SMILES string of the molecule is CCCCNC(=S)N(Cc1cc2c(C)cc(C)cc2[nH]c1=O)CC1CCCO1. The number of fused-ring (bicyclic) bond motifs is 1. The van der Waals surface area contributed by atoms with Gasteiger partial charge in [0, 0.05) is 36.2 Å². The monoisotopic (exact) mass is 401 g/mol. The molecule has 3 rings (SSSR count). The maximum Gasteiger partial charge on any atom is 0.253 e. The third-order valence-electron chi connectivity index (χ3n) is 5.29. The van der Waals surface area contributed by atoms with Crippen molar-refractivity contribution < 1.29 is 4.74 Å². The van der Waals surface area contributed by atoms with Gasteiger partial charge in [-0.2, -0.15) is 0 Å². The highest BCUT2D eigenvalue weighted by atomic mass is 32.1. The molecule has 0 bridgehead atoms. The second kappa shape index (κ2) is 9.52. The molecule has 1 aromatic carbocycles. The lowest BCUT2D eigenvalue weighted by Crippen LogP contribution is -2.44. The highest BCUT2D eigenvalue weighted by Crippen LogP contribution is 2.20. The van der Waals surface area contributed by atoms with Crippen LogP contribution < -0.4 is 10.9 Å². The van der Waals surface area contributed by atoms with Crippen LogP contribution in [0.3, 0.4) is 0 Å². The van der Waals surface area contributed by atoms with Gasteiger partial charge in [-0.15, -0.1) is 0 Å². The van der Waals surface area contributed by atoms with Crippen molar-refractivity contribution in [3.63, 3.8) is 0 Å². The molecule has 1 atom stereocenters. The smallest absolute Gasteiger partial charge is 0.253 e. The molecule has 0 amide bonds. The van der Waals surface area contributed by atoms with Gasteiger partial charge < -0.3 is 19.9 Å². The minimum absolute atomic E-state index is 0.0498. The van der Waals surface area contributed by atoms with Crippen LogP contribution in [0.15, 0.2) is 23.0 Å². The van der Waals surface area contributed by atoms with Crippen LogP contribution in [0.4, 0.5) is 0 Å². The summed E-state index contributed by atoms with van der Waals surface area (Å²) in [5, 5.41) is 5.13. The molecule has 2 heterocycles. The first kappa shape index (κ1) is 20.8. The third-order valence-corrected chi connectivity index (χ3v) is 5.70. The van der Waals surface area contributed by atoms with E-state index in [9.17, 15) is 4.79 Å². The minimum Gasteiger partial charge on any atom is -0.376 e. The summed E-state index contributed by atoms with van der Waals surface area (Å²) in [6.07, 6.45) is 4.49. The first-order valence-electron chi connectivity index (χ1n) is 10.3. The topological polar surface area (TPSA) is 57.4 Å². The average molecular weight is 402 g/mol. The Labute approximate surface area is 172 Å². The maximum absolute atomic E-state index is 12.7. The van der Waals surface area contributed by atoms with Gasteiger partial charge in [-0.25, -0.2) is 0 Å². The van der Waals surface area contributed by atoms with Crippen molar-refractivity contribution >= 4 is 28.2 Å². The number of aromatic nitrogens is 1. The van der Waals surface area contributed by atoms with Crippen LogP contribution >= 0.6 is 12.2 Å². The van der Waals surface area contributed by atoms with E-state index in [1.807, 2.05) is 19.1 Å². The Balaban J connectivity index is 1.85. The molecular weight excluding hydrogens is 370 g/mol. The van der Waals surface area contributed by atoms with Crippen molar-refractivity contribution in [2.75, 3.05) is 19.7 Å². The Morgan fingerprint density at radius 1 is 1.36 bits per heavy atom. The van der Waals surface area contributed by atoms with E-state index in [1.165, 1.54) is 5.56 Å². The molecule has 1 saturated heterocycles. The molecule has 2 aromatic rings. The molecule has 0 saturated carbocycles. The molecule has 0 radical (unpaired) electrons. The van der Waals surface area contributed by atoms with Crippen LogP contribution in [-0.2, 0) is 11.3 Å². The van der Waals surface area contributed by atoms with Crippen molar-refractivity contribution in [3.05, 3.63) is 45.2 Å². The third kappa shape index (κ3) is 5.11. The van der Waals surface area contributed by atoms with Crippen molar-refractivity contribution in [1.29, 1.82) is 0 Å². The zero-order chi connectivity index (χ0) is 20.1. The molecule has 0 aliphatic carbocycles. The fourth-order valence-electron chi connectivity index (χ4n) is 3.78. The molecule has 2 N–H and O–H groups in total. The highest BCUT2D eigenvalue weighted by molar-refractivity contribution is 7.80. The summed E-state index contributed by atoms with van der Waals surface area (Å²) in [5.74, 6) is 0. The summed E-state index contributed by atoms with van der Waals surface area (Å²) in [5.41, 5.74) is 3.89. The van der Waals surface area contributed by atoms with Gasteiger partial charge in [-0.05, 0) is 68.6 Å². The van der Waals surface area contributed by atoms with Crippen molar-refractivity contribution in [3.8, 4) is 0 Å². The Morgan fingerprint density at radius 2 is 2.18 bits per heavy atom. The number of pyridine rings is 1. The predicted octanol–water partition coefficient (Wildman–Crippen LogP) is 3.80. The number of unbranched alkanes of at least 4 members (excludes halogenated alkanes) is 1. The molecule has 28 heavy (non-hydrogen) atoms. The van der Waals surface area contributed by atoms with E-state index in [0.29, 0.717) is 18.2 Å². The Morgan fingerprint density at radius 3 is 2.89 bits per heavy atom. The van der Waals surface area contributed by atoms with Crippen LogP contribution in [0.5, 0.6) is 0 Å². The summed E-state index contributed by atoms with van der Waals surface area (Å²) in [7, 11) is 0. The molecule has 1 aromatic heterocycles. The zero-order valence-electron chi connectivity index (χ0n) is 17.1. The highest BCUT2D eigenvalue weighted by Gasteiger charge is 2.22. The number of nitrogens with zero attached hydrogens (tertiary/aromatic N) is 1. The second-order valence-corrected chi connectivity index (χ2v) is 8.15. The standard InChI is InChI=1S/C22H31N3O2S/c1-4-5-8-23-22(28)25(14-18-7-6-9-27-18)13-17-12-19-16(3)10-15(2)11-20(19)24-21(17)26/h10-12,18H,4-9,13-14H2,1-3H3,(H,23,28)(H,24,26). The number of ether oxygens (including phenoxy) is 1. The van der Waals surface area contributed by atoms with Gasteiger partial charge in [0.1, 0.15) is 0 Å². The summed E-state index contributed by atoms with van der Waals surface area (Å²) in [6, 6.07) is 6.18. The number of thiocarbonyl (C=S) groups is 1. The number of aromatic amines is 1. The molecule has 6 heteroatoms. The maximum atomic E-state index is 12.7. The number of rotatable bonds is 7. The lowest BCUT2D eigenvalue weighted by molar-refractivity contribution is 0.0897. The second-order valence-electron chi connectivity index (χ2n) is 7.77. The van der Waals surface area contributed by atoms with Crippen molar-refractivity contribution in [2.45, 2.75) is 59.1 Å². The summed E-state index contributed by atoms with van der Waals surface area (Å²) in [4.78, 5) is 17.9. The normalized spacial score (nSPS) is 16.5. The van der Waals surface area contributed by atoms with Crippen LogP contribution in [-0.4, -0.2) is 40.8 Å². The van der Waals surface area contributed by atoms with Gasteiger partial charge in [0.15, 0.2) is 5.11 Å². The van der Waals surface area contributed by atoms with Gasteiger partial charge in [0.2, 0.25) is 0 Å².